The molecule has 0 bridgehead atoms. The SMILES string of the molecule is C=C/C=C\C(=C/C)S/C(C)=C/C=C. The van der Waals surface area contributed by atoms with E-state index in [4.69, 9.17) is 0 Å². The molecule has 0 amide bonds. The molecule has 0 radical (unpaired) electrons. The molecule has 0 atom stereocenters. The second kappa shape index (κ2) is 7.69. The first-order valence-corrected chi connectivity index (χ1v) is 4.98. The zero-order valence-corrected chi connectivity index (χ0v) is 9.10. The van der Waals surface area contributed by atoms with E-state index >= 15 is 0 Å². The highest BCUT2D eigenvalue weighted by Crippen LogP contribution is 2.25. The van der Waals surface area contributed by atoms with Crippen molar-refractivity contribution in [2.75, 3.05) is 0 Å². The molecule has 0 aliphatic rings. The van der Waals surface area contributed by atoms with E-state index in [2.05, 4.69) is 26.2 Å². The molecule has 0 aromatic carbocycles. The molecule has 0 N–H and O–H groups in total. The first kappa shape index (κ1) is 12.0. The summed E-state index contributed by atoms with van der Waals surface area (Å²) in [4.78, 5) is 2.45. The van der Waals surface area contributed by atoms with Gasteiger partial charge in [-0.2, -0.15) is 0 Å². The van der Waals surface area contributed by atoms with Gasteiger partial charge in [0.2, 0.25) is 0 Å². The van der Waals surface area contributed by atoms with Crippen molar-refractivity contribution in [2.24, 2.45) is 0 Å². The van der Waals surface area contributed by atoms with Crippen LogP contribution in [0.15, 0.2) is 59.4 Å². The van der Waals surface area contributed by atoms with Crippen molar-refractivity contribution >= 4 is 11.8 Å². The van der Waals surface area contributed by atoms with E-state index in [0.717, 1.165) is 0 Å². The van der Waals surface area contributed by atoms with Gasteiger partial charge in [-0.25, -0.2) is 0 Å². The van der Waals surface area contributed by atoms with Crippen LogP contribution in [0.3, 0.4) is 0 Å². The molecule has 70 valence electrons. The maximum absolute atomic E-state index is 3.65. The van der Waals surface area contributed by atoms with Crippen molar-refractivity contribution in [1.82, 2.24) is 0 Å². The van der Waals surface area contributed by atoms with Gasteiger partial charge in [-0.1, -0.05) is 55.3 Å². The predicted octanol–water partition coefficient (Wildman–Crippen LogP) is 4.46. The Morgan fingerprint density at radius 1 is 1.23 bits per heavy atom. The summed E-state index contributed by atoms with van der Waals surface area (Å²) < 4.78 is 0. The second-order valence-electron chi connectivity index (χ2n) is 2.40. The standard InChI is InChI=1S/C12H16S/c1-5-8-10-12(7-3)13-11(4)9-6-2/h5-10H,1-2H2,3-4H3/b10-8-,11-9+,12-7+. The lowest BCUT2D eigenvalue weighted by Gasteiger charge is -1.99. The largest absolute Gasteiger partial charge is 0.0991 e. The molecule has 13 heavy (non-hydrogen) atoms. The van der Waals surface area contributed by atoms with Gasteiger partial charge in [0, 0.05) is 4.91 Å². The highest BCUT2D eigenvalue weighted by Gasteiger charge is 1.92. The Balaban J connectivity index is 4.30. The van der Waals surface area contributed by atoms with Crippen LogP contribution in [0.2, 0.25) is 0 Å². The summed E-state index contributed by atoms with van der Waals surface area (Å²) in [6, 6.07) is 0. The third kappa shape index (κ3) is 6.23. The third-order valence-corrected chi connectivity index (χ3v) is 2.38. The molecule has 0 saturated carbocycles. The molecule has 0 rings (SSSR count). The highest BCUT2D eigenvalue weighted by atomic mass is 32.2. The van der Waals surface area contributed by atoms with Crippen molar-refractivity contribution in [3.8, 4) is 0 Å². The first-order chi connectivity index (χ1) is 6.24. The van der Waals surface area contributed by atoms with E-state index in [9.17, 15) is 0 Å². The van der Waals surface area contributed by atoms with Gasteiger partial charge in [0.25, 0.3) is 0 Å². The average Bonchev–Trinajstić information content (AvgIpc) is 2.12. The summed E-state index contributed by atoms with van der Waals surface area (Å²) in [5.74, 6) is 0. The van der Waals surface area contributed by atoms with Gasteiger partial charge in [-0.05, 0) is 24.8 Å². The molecular weight excluding hydrogens is 176 g/mol. The van der Waals surface area contributed by atoms with Gasteiger partial charge in [0.15, 0.2) is 0 Å². The highest BCUT2D eigenvalue weighted by molar-refractivity contribution is 8.06. The lowest BCUT2D eigenvalue weighted by Crippen LogP contribution is -1.70. The smallest absolute Gasteiger partial charge is 0.00758 e. The lowest BCUT2D eigenvalue weighted by atomic mass is 10.4. The van der Waals surface area contributed by atoms with Gasteiger partial charge in [-0.3, -0.25) is 0 Å². The van der Waals surface area contributed by atoms with Crippen LogP contribution >= 0.6 is 11.8 Å². The topological polar surface area (TPSA) is 0 Å². The number of rotatable bonds is 5. The molecule has 1 heteroatoms. The van der Waals surface area contributed by atoms with Crippen LogP contribution in [-0.4, -0.2) is 0 Å². The van der Waals surface area contributed by atoms with Crippen molar-refractivity contribution in [3.05, 3.63) is 59.4 Å². The third-order valence-electron chi connectivity index (χ3n) is 1.31. The minimum atomic E-state index is 1.22. The Labute approximate surface area is 85.4 Å². The van der Waals surface area contributed by atoms with Crippen LogP contribution in [0, 0.1) is 0 Å². The number of thioether (sulfide) groups is 1. The number of hydrogen-bond donors (Lipinski definition) is 0. The zero-order chi connectivity index (χ0) is 10.1. The average molecular weight is 192 g/mol. The Bertz CT molecular complexity index is 254. The van der Waals surface area contributed by atoms with Crippen LogP contribution in [0.5, 0.6) is 0 Å². The van der Waals surface area contributed by atoms with E-state index in [1.54, 1.807) is 23.9 Å². The minimum absolute atomic E-state index is 1.22. The summed E-state index contributed by atoms with van der Waals surface area (Å²) in [7, 11) is 0. The molecule has 0 spiro atoms. The van der Waals surface area contributed by atoms with E-state index in [0.29, 0.717) is 0 Å². The number of allylic oxidation sites excluding steroid dienone is 7. The fraction of sp³-hybridized carbons (Fsp3) is 0.167. The van der Waals surface area contributed by atoms with Crippen LogP contribution in [0.25, 0.3) is 0 Å². The minimum Gasteiger partial charge on any atom is -0.0991 e. The Morgan fingerprint density at radius 3 is 2.38 bits per heavy atom. The van der Waals surface area contributed by atoms with Crippen molar-refractivity contribution in [1.29, 1.82) is 0 Å². The van der Waals surface area contributed by atoms with Gasteiger partial charge in [0.1, 0.15) is 0 Å². The Kier molecular flexibility index (Phi) is 7.12. The monoisotopic (exact) mass is 192 g/mol. The van der Waals surface area contributed by atoms with Gasteiger partial charge >= 0.3 is 0 Å². The first-order valence-electron chi connectivity index (χ1n) is 4.17. The summed E-state index contributed by atoms with van der Waals surface area (Å²) in [5.41, 5.74) is 0. The van der Waals surface area contributed by atoms with Gasteiger partial charge in [0.05, 0.1) is 0 Å². The molecule has 0 aromatic heterocycles. The lowest BCUT2D eigenvalue weighted by molar-refractivity contribution is 1.65. The molecule has 0 saturated heterocycles. The molecule has 0 heterocycles. The predicted molar refractivity (Wildman–Crippen MR) is 64.6 cm³/mol. The van der Waals surface area contributed by atoms with Gasteiger partial charge in [-0.15, -0.1) is 0 Å². The van der Waals surface area contributed by atoms with E-state index in [1.165, 1.54) is 9.81 Å². The van der Waals surface area contributed by atoms with Crippen molar-refractivity contribution in [2.45, 2.75) is 13.8 Å². The van der Waals surface area contributed by atoms with Crippen LogP contribution in [0.1, 0.15) is 13.8 Å². The second-order valence-corrected chi connectivity index (χ2v) is 3.72. The molecule has 0 aromatic rings. The summed E-state index contributed by atoms with van der Waals surface area (Å²) >= 11 is 1.73. The maximum atomic E-state index is 3.65. The summed E-state index contributed by atoms with van der Waals surface area (Å²) in [6.45, 7) is 11.4. The quantitative estimate of drug-likeness (QED) is 0.580. The Hall–Kier alpha value is -0.950. The van der Waals surface area contributed by atoms with E-state index in [-0.39, 0.29) is 0 Å². The fourth-order valence-corrected chi connectivity index (χ4v) is 1.54. The maximum Gasteiger partial charge on any atom is 0.00758 e. The van der Waals surface area contributed by atoms with E-state index in [1.807, 2.05) is 25.2 Å². The summed E-state index contributed by atoms with van der Waals surface area (Å²) in [5, 5.41) is 0. The Morgan fingerprint density at radius 2 is 1.92 bits per heavy atom. The van der Waals surface area contributed by atoms with Crippen molar-refractivity contribution < 1.29 is 0 Å². The molecule has 0 aliphatic carbocycles. The number of hydrogen-bond acceptors (Lipinski definition) is 1. The molecule has 0 aliphatic heterocycles. The zero-order valence-electron chi connectivity index (χ0n) is 8.29. The van der Waals surface area contributed by atoms with Gasteiger partial charge < -0.3 is 0 Å². The molecule has 0 unspecified atom stereocenters. The molecule has 0 nitrogen and oxygen atoms in total. The van der Waals surface area contributed by atoms with Crippen LogP contribution < -0.4 is 0 Å². The van der Waals surface area contributed by atoms with E-state index < -0.39 is 0 Å². The van der Waals surface area contributed by atoms with Crippen LogP contribution in [0.4, 0.5) is 0 Å². The normalized spacial score (nSPS) is 13.4. The fourth-order valence-electron chi connectivity index (χ4n) is 0.738. The van der Waals surface area contributed by atoms with Crippen LogP contribution in [-0.2, 0) is 0 Å². The summed E-state index contributed by atoms with van der Waals surface area (Å²) in [6.07, 6.45) is 11.6. The molecule has 0 fully saturated rings. The molecular formula is C12H16S. The van der Waals surface area contributed by atoms with Crippen molar-refractivity contribution in [3.63, 3.8) is 0 Å².